The van der Waals surface area contributed by atoms with Crippen molar-refractivity contribution in [3.8, 4) is 0 Å². The van der Waals surface area contributed by atoms with Gasteiger partial charge in [0.25, 0.3) is 34.7 Å². The van der Waals surface area contributed by atoms with E-state index in [-0.39, 0.29) is 109 Å². The average molecular weight is 977 g/mol. The lowest BCUT2D eigenvalue weighted by Gasteiger charge is -2.33. The third kappa shape index (κ3) is 5.96. The van der Waals surface area contributed by atoms with Crippen molar-refractivity contribution in [2.45, 2.75) is 63.6 Å². The standard InChI is InChI=1S/C44H30Cl4N6O12/c1-13-9-51(43(63)49-37(13)57)27-7-23(55)25(65-27)11-53-39(59)15-3-19(45)31-33-21(47)5-17-30-18(6-22(48)34(36(30)33)32-20(46)4-16(40(53)60)29(15)35(31)32)42(62)54(41(17)61)12-26-24(56)8-28(66-26)52-10-14(2)38(58)50-44(52)64/h3-6,9-10,23-28,55-56H,7-8,11-12H2,1-2H3,(H,49,57,63)(H,50,58,64)/t23-,24+,25+,26-,27+,28-. The minimum Gasteiger partial charge on any atom is -0.390 e. The van der Waals surface area contributed by atoms with Gasteiger partial charge in [0.15, 0.2) is 0 Å². The van der Waals surface area contributed by atoms with E-state index in [2.05, 4.69) is 9.97 Å². The summed E-state index contributed by atoms with van der Waals surface area (Å²) >= 11 is 28.5. The molecule has 5 aromatic carbocycles. The average Bonchev–Trinajstić information content (AvgIpc) is 3.82. The highest BCUT2D eigenvalue weighted by Crippen LogP contribution is 2.54. The summed E-state index contributed by atoms with van der Waals surface area (Å²) in [7, 11) is 0. The van der Waals surface area contributed by atoms with Crippen LogP contribution in [-0.2, 0) is 9.47 Å². The van der Waals surface area contributed by atoms with Gasteiger partial charge in [-0.1, -0.05) is 46.4 Å². The second kappa shape index (κ2) is 14.8. The number of ether oxygens (including phenoxy) is 2. The number of nitrogens with one attached hydrogen (secondary N) is 2. The molecule has 11 rings (SSSR count). The van der Waals surface area contributed by atoms with Crippen LogP contribution in [0.15, 0.2) is 55.8 Å². The van der Waals surface area contributed by atoms with Crippen LogP contribution in [0.3, 0.4) is 0 Å². The predicted octanol–water partition coefficient (Wildman–Crippen LogP) is 4.56. The molecule has 2 aromatic heterocycles. The van der Waals surface area contributed by atoms with Crippen molar-refractivity contribution in [2.75, 3.05) is 13.1 Å². The molecule has 22 heteroatoms. The molecule has 0 bridgehead atoms. The number of amides is 4. The first kappa shape index (κ1) is 42.7. The van der Waals surface area contributed by atoms with Crippen molar-refractivity contribution in [3.63, 3.8) is 0 Å². The van der Waals surface area contributed by atoms with Gasteiger partial charge in [0.05, 0.1) is 47.6 Å². The fourth-order valence-electron chi connectivity index (χ4n) is 9.95. The molecule has 0 spiro atoms. The van der Waals surface area contributed by atoms with Gasteiger partial charge in [-0.05, 0) is 38.1 Å². The Balaban J connectivity index is 0.992. The summed E-state index contributed by atoms with van der Waals surface area (Å²) in [6.45, 7) is 2.13. The number of aromatic amines is 2. The predicted molar refractivity (Wildman–Crippen MR) is 240 cm³/mol. The summed E-state index contributed by atoms with van der Waals surface area (Å²) in [5.74, 6) is -3.12. The van der Waals surface area contributed by atoms with E-state index in [9.17, 15) is 48.6 Å². The Morgan fingerprint density at radius 3 is 1.12 bits per heavy atom. The largest absolute Gasteiger partial charge is 0.390 e. The SMILES string of the molecule is Cc1cn([C@@H]2C[C@@H](O)[C@H](CN3C(=O)c4cc(Cl)c5c6c(Cl)cc7c8c(cc(Cl)c(c9c(Cl)cc(c4c59)C3=O)c86)C(=O)N(C[C@H]3O[C@@H](n4cc(C)c(=O)[nH]c4=O)C[C@@H]3O)C7=O)O2)c(=O)[nH]c1=O. The van der Waals surface area contributed by atoms with Gasteiger partial charge in [-0.3, -0.25) is 57.7 Å². The molecule has 66 heavy (non-hydrogen) atoms. The Hall–Kier alpha value is -5.96. The molecule has 4 aliphatic heterocycles. The number of hydrogen-bond acceptors (Lipinski definition) is 12. The molecule has 7 aromatic rings. The summed E-state index contributed by atoms with van der Waals surface area (Å²) in [6, 6.07) is 5.49. The molecule has 4 aliphatic rings. The number of nitrogens with zero attached hydrogens (tertiary/aromatic N) is 4. The number of hydrogen-bond donors (Lipinski definition) is 4. The van der Waals surface area contributed by atoms with E-state index in [1.165, 1.54) is 50.5 Å². The zero-order valence-electron chi connectivity index (χ0n) is 34.0. The van der Waals surface area contributed by atoms with Gasteiger partial charge in [0.1, 0.15) is 24.7 Å². The van der Waals surface area contributed by atoms with E-state index < -0.39 is 96.1 Å². The molecule has 18 nitrogen and oxygen atoms in total. The third-order valence-corrected chi connectivity index (χ3v) is 14.3. The number of aliphatic hydroxyl groups is 2. The molecule has 2 fully saturated rings. The number of carbonyl (C=O) groups excluding carboxylic acids is 4. The number of rotatable bonds is 6. The Bertz CT molecular complexity index is 3320. The van der Waals surface area contributed by atoms with Crippen LogP contribution in [0.4, 0.5) is 0 Å². The van der Waals surface area contributed by atoms with E-state index in [1.807, 2.05) is 0 Å². The minimum absolute atomic E-state index is 0.00201. The van der Waals surface area contributed by atoms with Crippen LogP contribution >= 0.6 is 46.4 Å². The summed E-state index contributed by atoms with van der Waals surface area (Å²) in [6.07, 6.45) is -4.36. The van der Waals surface area contributed by atoms with Crippen molar-refractivity contribution in [1.82, 2.24) is 28.9 Å². The number of benzene rings is 5. The molecule has 2 saturated heterocycles. The molecule has 0 saturated carbocycles. The molecular formula is C44H30Cl4N6O12. The third-order valence-electron chi connectivity index (χ3n) is 13.1. The minimum atomic E-state index is -1.23. The highest BCUT2D eigenvalue weighted by Gasteiger charge is 2.45. The second-order valence-electron chi connectivity index (χ2n) is 16.9. The zero-order chi connectivity index (χ0) is 46.7. The van der Waals surface area contributed by atoms with Crippen LogP contribution in [0.1, 0.15) is 77.9 Å². The number of H-pyrrole nitrogens is 2. The summed E-state index contributed by atoms with van der Waals surface area (Å²) < 4.78 is 14.3. The normalized spacial score (nSPS) is 23.0. The van der Waals surface area contributed by atoms with E-state index >= 15 is 0 Å². The molecule has 0 radical (unpaired) electrons. The summed E-state index contributed by atoms with van der Waals surface area (Å²) in [5.41, 5.74) is -2.22. The topological polar surface area (TPSA) is 243 Å². The van der Waals surface area contributed by atoms with E-state index in [1.54, 1.807) is 0 Å². The highest BCUT2D eigenvalue weighted by atomic mass is 35.5. The lowest BCUT2D eigenvalue weighted by Crippen LogP contribution is -2.46. The Labute approximate surface area is 387 Å². The number of aryl methyl sites for hydroxylation is 2. The van der Waals surface area contributed by atoms with Gasteiger partial charge >= 0.3 is 11.4 Å². The first-order valence-electron chi connectivity index (χ1n) is 20.4. The monoisotopic (exact) mass is 974 g/mol. The Kier molecular flexibility index (Phi) is 9.55. The van der Waals surface area contributed by atoms with Crippen molar-refractivity contribution < 1.29 is 38.9 Å². The van der Waals surface area contributed by atoms with Gasteiger partial charge in [-0.15, -0.1) is 0 Å². The van der Waals surface area contributed by atoms with Crippen molar-refractivity contribution in [1.29, 1.82) is 0 Å². The van der Waals surface area contributed by atoms with Gasteiger partial charge in [-0.25, -0.2) is 9.59 Å². The highest BCUT2D eigenvalue weighted by molar-refractivity contribution is 6.56. The van der Waals surface area contributed by atoms with Crippen LogP contribution < -0.4 is 22.5 Å². The van der Waals surface area contributed by atoms with Crippen molar-refractivity contribution in [2.24, 2.45) is 0 Å². The number of imide groups is 2. The molecular weight excluding hydrogens is 946 g/mol. The first-order valence-corrected chi connectivity index (χ1v) is 21.9. The van der Waals surface area contributed by atoms with Crippen LogP contribution in [0, 0.1) is 13.8 Å². The Morgan fingerprint density at radius 2 is 0.818 bits per heavy atom. The first-order chi connectivity index (χ1) is 31.3. The maximum atomic E-state index is 14.4. The lowest BCUT2D eigenvalue weighted by atomic mass is 9.82. The van der Waals surface area contributed by atoms with Crippen molar-refractivity contribution >= 4 is 113 Å². The zero-order valence-corrected chi connectivity index (χ0v) is 37.1. The van der Waals surface area contributed by atoms with Crippen LogP contribution in [-0.4, -0.2) is 100 Å². The number of halogens is 4. The van der Waals surface area contributed by atoms with E-state index in [4.69, 9.17) is 55.9 Å². The smallest absolute Gasteiger partial charge is 0.330 e. The van der Waals surface area contributed by atoms with Crippen LogP contribution in [0.2, 0.25) is 20.1 Å². The number of fused-ring (bicyclic) bond motifs is 2. The Morgan fingerprint density at radius 1 is 0.515 bits per heavy atom. The maximum absolute atomic E-state index is 14.4. The van der Waals surface area contributed by atoms with Gasteiger partial charge in [-0.2, -0.15) is 0 Å². The quantitative estimate of drug-likeness (QED) is 0.102. The molecule has 6 atom stereocenters. The summed E-state index contributed by atoms with van der Waals surface area (Å²) in [4.78, 5) is 113. The molecule has 4 N–H and O–H groups in total. The fraction of sp³-hybridized carbons (Fsp3) is 0.273. The molecule has 6 heterocycles. The van der Waals surface area contributed by atoms with Gasteiger partial charge < -0.3 is 19.7 Å². The summed E-state index contributed by atoms with van der Waals surface area (Å²) in [5, 5.41) is 24.0. The maximum Gasteiger partial charge on any atom is 0.330 e. The van der Waals surface area contributed by atoms with Crippen LogP contribution in [0.25, 0.3) is 43.1 Å². The van der Waals surface area contributed by atoms with Gasteiger partial charge in [0, 0.05) is 99.5 Å². The van der Waals surface area contributed by atoms with Crippen molar-refractivity contribution in [3.05, 3.63) is 132 Å². The van der Waals surface area contributed by atoms with E-state index in [0.29, 0.717) is 0 Å². The molecule has 0 unspecified atom stereocenters. The number of aliphatic hydroxyl groups excluding tert-OH is 2. The molecule has 0 aliphatic carbocycles. The fourth-order valence-corrected chi connectivity index (χ4v) is 11.1. The second-order valence-corrected chi connectivity index (χ2v) is 18.5. The molecule has 4 amide bonds. The number of aromatic nitrogens is 4. The van der Waals surface area contributed by atoms with Gasteiger partial charge in [0.2, 0.25) is 0 Å². The molecule has 336 valence electrons. The number of carbonyl (C=O) groups is 4. The van der Waals surface area contributed by atoms with E-state index in [0.717, 1.165) is 18.9 Å². The van der Waals surface area contributed by atoms with Crippen LogP contribution in [0.5, 0.6) is 0 Å². The lowest BCUT2D eigenvalue weighted by molar-refractivity contribution is -0.0312.